The van der Waals surface area contributed by atoms with Crippen LogP contribution in [0.25, 0.3) is 5.69 Å². The average Bonchev–Trinajstić information content (AvgIpc) is 3.28. The predicted octanol–water partition coefficient (Wildman–Crippen LogP) is 0.102. The van der Waals surface area contributed by atoms with Gasteiger partial charge in [0.25, 0.3) is 5.91 Å². The van der Waals surface area contributed by atoms with Gasteiger partial charge in [0, 0.05) is 19.3 Å². The summed E-state index contributed by atoms with van der Waals surface area (Å²) in [5.74, 6) is -0.674. The first-order valence-corrected chi connectivity index (χ1v) is 9.11. The van der Waals surface area contributed by atoms with E-state index in [-0.39, 0.29) is 43.4 Å². The number of rotatable bonds is 4. The van der Waals surface area contributed by atoms with E-state index < -0.39 is 23.7 Å². The van der Waals surface area contributed by atoms with Crippen LogP contribution in [0.2, 0.25) is 0 Å². The van der Waals surface area contributed by atoms with Gasteiger partial charge in [-0.1, -0.05) is 12.1 Å². The molecule has 0 radical (unpaired) electrons. The third-order valence-corrected chi connectivity index (χ3v) is 5.41. The zero-order valence-corrected chi connectivity index (χ0v) is 15.3. The van der Waals surface area contributed by atoms with Gasteiger partial charge in [-0.25, -0.2) is 9.07 Å². The summed E-state index contributed by atoms with van der Waals surface area (Å²) in [5.41, 5.74) is 0.0537. The van der Waals surface area contributed by atoms with E-state index in [1.165, 1.54) is 15.8 Å². The number of pyridine rings is 1. The number of carbonyl (C=O) groups excluding carboxylic acids is 2. The molecule has 3 heterocycles. The third-order valence-electron chi connectivity index (χ3n) is 5.41. The maximum atomic E-state index is 13.1. The van der Waals surface area contributed by atoms with Crippen molar-refractivity contribution in [3.63, 3.8) is 0 Å². The first-order valence-electron chi connectivity index (χ1n) is 9.11. The van der Waals surface area contributed by atoms with Crippen molar-refractivity contribution in [3.05, 3.63) is 36.4 Å². The molecule has 0 aromatic carbocycles. The first kappa shape index (κ1) is 18.5. The maximum Gasteiger partial charge on any atom is 0.276 e. The molecule has 0 spiro atoms. The molecule has 2 amide bonds. The number of likely N-dealkylation sites (tertiary alicyclic amines) is 1. The van der Waals surface area contributed by atoms with Crippen LogP contribution in [0, 0.1) is 5.41 Å². The smallest absolute Gasteiger partial charge is 0.276 e. The van der Waals surface area contributed by atoms with Crippen LogP contribution in [0.4, 0.5) is 4.39 Å². The Bertz CT molecular complexity index is 882. The lowest BCUT2D eigenvalue weighted by molar-refractivity contribution is -0.139. The molecule has 4 rings (SSSR count). The molecular formula is C18H21FN6O3. The van der Waals surface area contributed by atoms with Gasteiger partial charge in [0.2, 0.25) is 5.91 Å². The second-order valence-electron chi connectivity index (χ2n) is 7.68. The first-order chi connectivity index (χ1) is 13.4. The van der Waals surface area contributed by atoms with E-state index >= 15 is 0 Å². The van der Waals surface area contributed by atoms with E-state index in [0.29, 0.717) is 5.69 Å². The van der Waals surface area contributed by atoms with Crippen LogP contribution in [0.15, 0.2) is 30.7 Å². The van der Waals surface area contributed by atoms with Crippen molar-refractivity contribution in [2.75, 3.05) is 13.1 Å². The summed E-state index contributed by atoms with van der Waals surface area (Å²) in [5, 5.41) is 20.9. The van der Waals surface area contributed by atoms with Gasteiger partial charge in [0.05, 0.1) is 35.6 Å². The number of aromatic nitrogens is 4. The normalized spacial score (nSPS) is 29.4. The maximum absolute atomic E-state index is 13.1. The molecule has 10 heteroatoms. The number of carbonyl (C=O) groups is 2. The van der Waals surface area contributed by atoms with Crippen molar-refractivity contribution in [3.8, 4) is 5.69 Å². The second-order valence-corrected chi connectivity index (χ2v) is 7.68. The highest BCUT2D eigenvalue weighted by atomic mass is 19.1. The van der Waals surface area contributed by atoms with Gasteiger partial charge in [-0.2, -0.15) is 0 Å². The van der Waals surface area contributed by atoms with E-state index in [1.54, 1.807) is 31.5 Å². The number of aliphatic hydroxyl groups excluding tert-OH is 1. The summed E-state index contributed by atoms with van der Waals surface area (Å²) in [4.78, 5) is 30.5. The zero-order valence-electron chi connectivity index (χ0n) is 15.3. The molecule has 0 bridgehead atoms. The van der Waals surface area contributed by atoms with Crippen LogP contribution in [-0.4, -0.2) is 73.2 Å². The topological polar surface area (TPSA) is 113 Å². The SMILES string of the molecule is CC1(C(=O)N[C@@H]2CN(C(=O)c3cn(-c4cccnc4)nn3)C[C@H]2O)CC(F)C1. The second kappa shape index (κ2) is 6.93. The van der Waals surface area contributed by atoms with Crippen molar-refractivity contribution in [1.82, 2.24) is 30.2 Å². The Morgan fingerprint density at radius 3 is 2.82 bits per heavy atom. The predicted molar refractivity (Wildman–Crippen MR) is 95.2 cm³/mol. The van der Waals surface area contributed by atoms with Crippen molar-refractivity contribution in [1.29, 1.82) is 0 Å². The van der Waals surface area contributed by atoms with Crippen molar-refractivity contribution in [2.45, 2.75) is 38.1 Å². The van der Waals surface area contributed by atoms with Gasteiger partial charge in [-0.05, 0) is 25.0 Å². The monoisotopic (exact) mass is 388 g/mol. The molecule has 2 N–H and O–H groups in total. The molecule has 2 atom stereocenters. The van der Waals surface area contributed by atoms with E-state index in [2.05, 4.69) is 20.6 Å². The fraction of sp³-hybridized carbons (Fsp3) is 0.500. The van der Waals surface area contributed by atoms with Crippen LogP contribution in [-0.2, 0) is 4.79 Å². The molecule has 9 nitrogen and oxygen atoms in total. The molecule has 2 aromatic rings. The Balaban J connectivity index is 1.40. The molecule has 1 saturated heterocycles. The zero-order chi connectivity index (χ0) is 19.9. The third kappa shape index (κ3) is 3.35. The number of amides is 2. The lowest BCUT2D eigenvalue weighted by atomic mass is 9.68. The summed E-state index contributed by atoms with van der Waals surface area (Å²) in [6.07, 6.45) is 3.23. The van der Waals surface area contributed by atoms with Crippen LogP contribution >= 0.6 is 0 Å². The molecule has 28 heavy (non-hydrogen) atoms. The number of hydrogen-bond acceptors (Lipinski definition) is 6. The number of nitrogens with one attached hydrogen (secondary N) is 1. The molecule has 0 unspecified atom stereocenters. The molecular weight excluding hydrogens is 367 g/mol. The Morgan fingerprint density at radius 1 is 1.36 bits per heavy atom. The highest BCUT2D eigenvalue weighted by Gasteiger charge is 2.48. The number of nitrogens with zero attached hydrogens (tertiary/aromatic N) is 5. The van der Waals surface area contributed by atoms with Gasteiger partial charge in [-0.15, -0.1) is 5.10 Å². The molecule has 2 aliphatic rings. The fourth-order valence-electron chi connectivity index (χ4n) is 3.68. The number of aliphatic hydroxyl groups is 1. The highest BCUT2D eigenvalue weighted by molar-refractivity contribution is 5.92. The van der Waals surface area contributed by atoms with Crippen LogP contribution in [0.1, 0.15) is 30.3 Å². The Kier molecular flexibility index (Phi) is 4.58. The lowest BCUT2D eigenvalue weighted by Gasteiger charge is -2.40. The summed E-state index contributed by atoms with van der Waals surface area (Å²) in [6.45, 7) is 1.94. The summed E-state index contributed by atoms with van der Waals surface area (Å²) in [7, 11) is 0. The number of alkyl halides is 1. The van der Waals surface area contributed by atoms with E-state index in [1.807, 2.05) is 0 Å². The van der Waals surface area contributed by atoms with Crippen molar-refractivity contribution >= 4 is 11.8 Å². The van der Waals surface area contributed by atoms with Gasteiger partial charge >= 0.3 is 0 Å². The molecule has 1 saturated carbocycles. The fourth-order valence-corrected chi connectivity index (χ4v) is 3.68. The quantitative estimate of drug-likeness (QED) is 0.768. The minimum absolute atomic E-state index is 0.0754. The Morgan fingerprint density at radius 2 is 2.14 bits per heavy atom. The standard InChI is InChI=1S/C18H21FN6O3/c1-18(5-11(19)6-18)17(28)21-13-8-24(10-15(13)26)16(27)14-9-25(23-22-14)12-3-2-4-20-7-12/h2-4,7,9,11,13,15,26H,5-6,8,10H2,1H3,(H,21,28)/t11?,13-,15-,18?/m1/s1. The lowest BCUT2D eigenvalue weighted by Crippen LogP contribution is -2.53. The van der Waals surface area contributed by atoms with Crippen molar-refractivity contribution < 1.29 is 19.1 Å². The van der Waals surface area contributed by atoms with Gasteiger partial charge in [0.1, 0.15) is 6.17 Å². The van der Waals surface area contributed by atoms with Crippen LogP contribution in [0.5, 0.6) is 0 Å². The number of hydrogen-bond donors (Lipinski definition) is 2. The Hall–Kier alpha value is -2.88. The molecule has 2 fully saturated rings. The molecule has 1 aliphatic heterocycles. The van der Waals surface area contributed by atoms with Gasteiger partial charge in [-0.3, -0.25) is 14.6 Å². The number of halogens is 1. The minimum Gasteiger partial charge on any atom is -0.389 e. The van der Waals surface area contributed by atoms with E-state index in [0.717, 1.165) is 0 Å². The molecule has 1 aliphatic carbocycles. The number of β-amino-alcohol motifs (C(OH)–C–C–N with tert-alkyl or cyclic N) is 1. The Labute approximate surface area is 160 Å². The largest absolute Gasteiger partial charge is 0.389 e. The van der Waals surface area contributed by atoms with Gasteiger partial charge in [0.15, 0.2) is 5.69 Å². The van der Waals surface area contributed by atoms with Crippen LogP contribution < -0.4 is 5.32 Å². The summed E-state index contributed by atoms with van der Waals surface area (Å²) < 4.78 is 14.6. The average molecular weight is 388 g/mol. The summed E-state index contributed by atoms with van der Waals surface area (Å²) >= 11 is 0. The highest BCUT2D eigenvalue weighted by Crippen LogP contribution is 2.42. The molecule has 148 valence electrons. The van der Waals surface area contributed by atoms with E-state index in [4.69, 9.17) is 0 Å². The van der Waals surface area contributed by atoms with Gasteiger partial charge < -0.3 is 15.3 Å². The van der Waals surface area contributed by atoms with Crippen molar-refractivity contribution in [2.24, 2.45) is 5.41 Å². The van der Waals surface area contributed by atoms with Crippen LogP contribution in [0.3, 0.4) is 0 Å². The summed E-state index contributed by atoms with van der Waals surface area (Å²) in [6, 6.07) is 2.93. The van der Waals surface area contributed by atoms with E-state index in [9.17, 15) is 19.1 Å². The minimum atomic E-state index is -0.954. The molecule has 2 aromatic heterocycles.